The fourth-order valence-corrected chi connectivity index (χ4v) is 4.15. The molecule has 0 saturated carbocycles. The maximum atomic E-state index is 5.47. The lowest BCUT2D eigenvalue weighted by Crippen LogP contribution is -2.45. The molecule has 6 nitrogen and oxygen atoms in total. The summed E-state index contributed by atoms with van der Waals surface area (Å²) in [5.74, 6) is 1.86. The molecule has 3 aromatic rings. The van der Waals surface area contributed by atoms with Gasteiger partial charge in [0.2, 0.25) is 11.7 Å². The minimum absolute atomic E-state index is 0.509. The number of hydrogen-bond acceptors (Lipinski definition) is 7. The van der Waals surface area contributed by atoms with Crippen molar-refractivity contribution in [3.63, 3.8) is 0 Å². The van der Waals surface area contributed by atoms with Gasteiger partial charge >= 0.3 is 0 Å². The van der Waals surface area contributed by atoms with Gasteiger partial charge in [-0.05, 0) is 6.92 Å². The average molecular weight is 398 g/mol. The lowest BCUT2D eigenvalue weighted by Gasteiger charge is -2.33. The third-order valence-electron chi connectivity index (χ3n) is 5.05. The molecule has 1 aromatic carbocycles. The predicted octanol–water partition coefficient (Wildman–Crippen LogP) is 3.94. The Bertz CT molecular complexity index is 894. The summed E-state index contributed by atoms with van der Waals surface area (Å²) in [5.41, 5.74) is 3.42. The third kappa shape index (κ3) is 4.66. The van der Waals surface area contributed by atoms with Gasteiger partial charge in [0.1, 0.15) is 0 Å². The van der Waals surface area contributed by atoms with Crippen LogP contribution in [0.1, 0.15) is 41.9 Å². The lowest BCUT2D eigenvalue weighted by molar-refractivity contribution is 0.111. The Morgan fingerprint density at radius 2 is 1.68 bits per heavy atom. The van der Waals surface area contributed by atoms with Crippen LogP contribution in [0.5, 0.6) is 0 Å². The molecular weight excluding hydrogens is 370 g/mol. The fourth-order valence-electron chi connectivity index (χ4n) is 3.33. The molecule has 0 aliphatic carbocycles. The van der Waals surface area contributed by atoms with Crippen molar-refractivity contribution in [3.8, 4) is 11.4 Å². The Morgan fingerprint density at radius 3 is 2.32 bits per heavy atom. The van der Waals surface area contributed by atoms with Gasteiger partial charge in [-0.15, -0.1) is 11.3 Å². The average Bonchev–Trinajstić information content (AvgIpc) is 3.34. The van der Waals surface area contributed by atoms with E-state index in [1.54, 1.807) is 11.3 Å². The summed E-state index contributed by atoms with van der Waals surface area (Å²) in [6.45, 7) is 12.2. The molecule has 0 atom stereocenters. The molecule has 7 heteroatoms. The minimum Gasteiger partial charge on any atom is -0.338 e. The number of thiazole rings is 1. The van der Waals surface area contributed by atoms with E-state index in [1.165, 1.54) is 16.3 Å². The Morgan fingerprint density at radius 1 is 1.00 bits per heavy atom. The zero-order valence-electron chi connectivity index (χ0n) is 16.8. The SMILES string of the molecule is Cc1ccc(-c2noc(CN3CCN(Cc4csc(C(C)C)n4)CC3)n2)cc1. The van der Waals surface area contributed by atoms with Crippen molar-refractivity contribution in [3.05, 3.63) is 51.8 Å². The van der Waals surface area contributed by atoms with Gasteiger partial charge in [0.15, 0.2) is 0 Å². The molecule has 0 unspecified atom stereocenters. The summed E-state index contributed by atoms with van der Waals surface area (Å²) >= 11 is 1.77. The number of aromatic nitrogens is 3. The van der Waals surface area contributed by atoms with E-state index in [-0.39, 0.29) is 0 Å². The van der Waals surface area contributed by atoms with Crippen LogP contribution >= 0.6 is 11.3 Å². The van der Waals surface area contributed by atoms with Gasteiger partial charge in [0.25, 0.3) is 0 Å². The zero-order chi connectivity index (χ0) is 19.5. The number of hydrogen-bond donors (Lipinski definition) is 0. The normalized spacial score (nSPS) is 16.1. The summed E-state index contributed by atoms with van der Waals surface area (Å²) in [7, 11) is 0. The van der Waals surface area contributed by atoms with Crippen LogP contribution in [0.25, 0.3) is 11.4 Å². The van der Waals surface area contributed by atoms with Gasteiger partial charge in [-0.1, -0.05) is 48.8 Å². The highest BCUT2D eigenvalue weighted by Crippen LogP contribution is 2.21. The second kappa shape index (κ2) is 8.51. The third-order valence-corrected chi connectivity index (χ3v) is 6.24. The number of benzene rings is 1. The van der Waals surface area contributed by atoms with E-state index in [4.69, 9.17) is 9.51 Å². The van der Waals surface area contributed by atoms with Crippen LogP contribution in [0, 0.1) is 6.92 Å². The molecule has 0 radical (unpaired) electrons. The minimum atomic E-state index is 0.509. The molecule has 2 aromatic heterocycles. The molecule has 1 saturated heterocycles. The molecule has 0 bridgehead atoms. The Balaban J connectivity index is 1.28. The van der Waals surface area contributed by atoms with Crippen LogP contribution in [-0.4, -0.2) is 51.1 Å². The molecule has 1 aliphatic rings. The van der Waals surface area contributed by atoms with Gasteiger partial charge in [-0.25, -0.2) is 4.98 Å². The van der Waals surface area contributed by atoms with Crippen molar-refractivity contribution >= 4 is 11.3 Å². The standard InChI is InChI=1S/C21H27N5OS/c1-15(2)21-22-18(14-28-21)12-25-8-10-26(11-9-25)13-19-23-20(24-27-19)17-6-4-16(3)5-7-17/h4-7,14-15H,8-13H2,1-3H3. The summed E-state index contributed by atoms with van der Waals surface area (Å²) in [4.78, 5) is 14.2. The molecule has 4 rings (SSSR count). The summed E-state index contributed by atoms with van der Waals surface area (Å²) in [5, 5.41) is 7.57. The van der Waals surface area contributed by atoms with Crippen LogP contribution in [0.15, 0.2) is 34.2 Å². The van der Waals surface area contributed by atoms with Crippen molar-refractivity contribution in [1.29, 1.82) is 0 Å². The first kappa shape index (κ1) is 19.2. The fraction of sp³-hybridized carbons (Fsp3) is 0.476. The van der Waals surface area contributed by atoms with Gasteiger partial charge < -0.3 is 4.52 Å². The molecule has 1 fully saturated rings. The topological polar surface area (TPSA) is 58.3 Å². The van der Waals surface area contributed by atoms with Gasteiger partial charge in [-0.2, -0.15) is 4.98 Å². The summed E-state index contributed by atoms with van der Waals surface area (Å²) < 4.78 is 5.47. The molecule has 148 valence electrons. The second-order valence-electron chi connectivity index (χ2n) is 7.76. The summed E-state index contributed by atoms with van der Waals surface area (Å²) in [6.07, 6.45) is 0. The molecule has 0 spiro atoms. The van der Waals surface area contributed by atoms with Crippen molar-refractivity contribution in [2.75, 3.05) is 26.2 Å². The van der Waals surface area contributed by atoms with Gasteiger partial charge in [0.05, 0.1) is 17.2 Å². The van der Waals surface area contributed by atoms with Crippen molar-refractivity contribution in [1.82, 2.24) is 24.9 Å². The van der Waals surface area contributed by atoms with Crippen molar-refractivity contribution < 1.29 is 4.52 Å². The van der Waals surface area contributed by atoms with Crippen LogP contribution in [0.4, 0.5) is 0 Å². The van der Waals surface area contributed by atoms with E-state index in [9.17, 15) is 0 Å². The van der Waals surface area contributed by atoms with Gasteiger partial charge in [-0.3, -0.25) is 9.80 Å². The number of nitrogens with zero attached hydrogens (tertiary/aromatic N) is 5. The smallest absolute Gasteiger partial charge is 0.241 e. The molecule has 28 heavy (non-hydrogen) atoms. The molecule has 1 aliphatic heterocycles. The Hall–Kier alpha value is -2.09. The van der Waals surface area contributed by atoms with E-state index in [0.717, 1.165) is 38.3 Å². The number of piperazine rings is 1. The van der Waals surface area contributed by atoms with Crippen molar-refractivity contribution in [2.45, 2.75) is 39.8 Å². The van der Waals surface area contributed by atoms with Gasteiger partial charge in [0, 0.05) is 49.6 Å². The highest BCUT2D eigenvalue weighted by Gasteiger charge is 2.20. The van der Waals surface area contributed by atoms with Crippen LogP contribution < -0.4 is 0 Å². The second-order valence-corrected chi connectivity index (χ2v) is 8.65. The van der Waals surface area contributed by atoms with E-state index in [1.807, 2.05) is 12.1 Å². The zero-order valence-corrected chi connectivity index (χ0v) is 17.6. The first-order valence-corrected chi connectivity index (χ1v) is 10.7. The molecule has 0 amide bonds. The van der Waals surface area contributed by atoms with Crippen LogP contribution in [-0.2, 0) is 13.1 Å². The monoisotopic (exact) mass is 397 g/mol. The summed E-state index contributed by atoms with van der Waals surface area (Å²) in [6, 6.07) is 8.20. The number of rotatable bonds is 6. The quantitative estimate of drug-likeness (QED) is 0.628. The highest BCUT2D eigenvalue weighted by atomic mass is 32.1. The molecular formula is C21H27N5OS. The first-order chi connectivity index (χ1) is 13.6. The van der Waals surface area contributed by atoms with Crippen molar-refractivity contribution in [2.24, 2.45) is 0 Å². The largest absolute Gasteiger partial charge is 0.338 e. The lowest BCUT2D eigenvalue weighted by atomic mass is 10.1. The predicted molar refractivity (Wildman–Crippen MR) is 111 cm³/mol. The number of aryl methyl sites for hydroxylation is 1. The first-order valence-electron chi connectivity index (χ1n) is 9.85. The Labute approximate surface area is 170 Å². The van der Waals surface area contributed by atoms with Crippen LogP contribution in [0.2, 0.25) is 0 Å². The Kier molecular flexibility index (Phi) is 5.85. The maximum Gasteiger partial charge on any atom is 0.241 e. The van der Waals surface area contributed by atoms with E-state index in [0.29, 0.717) is 24.2 Å². The molecule has 0 N–H and O–H groups in total. The maximum absolute atomic E-state index is 5.47. The highest BCUT2D eigenvalue weighted by molar-refractivity contribution is 7.09. The molecule has 3 heterocycles. The van der Waals surface area contributed by atoms with E-state index in [2.05, 4.69) is 58.2 Å². The van der Waals surface area contributed by atoms with E-state index < -0.39 is 0 Å². The van der Waals surface area contributed by atoms with E-state index >= 15 is 0 Å². The van der Waals surface area contributed by atoms with Crippen LogP contribution in [0.3, 0.4) is 0 Å².